The number of nitrogens with one attached hydrogen (secondary N) is 3. The molecule has 4 heterocycles. The molecule has 0 saturated carbocycles. The third-order valence-electron chi connectivity index (χ3n) is 6.91. The Kier molecular flexibility index (Phi) is 5.90. The van der Waals surface area contributed by atoms with Crippen LogP contribution < -0.4 is 15.5 Å². The largest absolute Gasteiger partial charge is 0.329 e. The Balaban J connectivity index is 1.45. The number of carbonyl (C=O) groups excluding carboxylic acids is 1. The van der Waals surface area contributed by atoms with Gasteiger partial charge in [0.25, 0.3) is 0 Å². The fourth-order valence-electron chi connectivity index (χ4n) is 4.83. The maximum Gasteiger partial charge on any atom is 0.247 e. The van der Waals surface area contributed by atoms with Gasteiger partial charge in [0, 0.05) is 29.3 Å². The van der Waals surface area contributed by atoms with E-state index in [4.69, 9.17) is 9.97 Å². The molecule has 1 amide bonds. The number of pyridine rings is 1. The summed E-state index contributed by atoms with van der Waals surface area (Å²) in [7, 11) is 0. The molecule has 3 aromatic heterocycles. The smallest absolute Gasteiger partial charge is 0.247 e. The predicted molar refractivity (Wildman–Crippen MR) is 133 cm³/mol. The lowest BCUT2D eigenvalue weighted by atomic mass is 9.91. The Labute approximate surface area is 204 Å². The number of halogens is 1. The summed E-state index contributed by atoms with van der Waals surface area (Å²) in [6.45, 7) is 9.29. The molecular formula is C25H31FN8O. The first-order valence-electron chi connectivity index (χ1n) is 12.1. The van der Waals surface area contributed by atoms with Crippen LogP contribution in [-0.4, -0.2) is 43.6 Å². The second-order valence-corrected chi connectivity index (χ2v) is 10.3. The summed E-state index contributed by atoms with van der Waals surface area (Å²) in [5.41, 5.74) is 3.53. The van der Waals surface area contributed by atoms with E-state index in [1.807, 2.05) is 11.0 Å². The molecule has 3 aromatic rings. The van der Waals surface area contributed by atoms with E-state index < -0.39 is 12.0 Å². The van der Waals surface area contributed by atoms with E-state index >= 15 is 0 Å². The topological polar surface area (TPSA) is 112 Å². The molecule has 1 fully saturated rings. The van der Waals surface area contributed by atoms with Crippen molar-refractivity contribution in [2.75, 3.05) is 22.1 Å². The number of carbonyl (C=O) groups is 1. The van der Waals surface area contributed by atoms with E-state index in [1.165, 1.54) is 18.3 Å². The van der Waals surface area contributed by atoms with Crippen LogP contribution in [0.5, 0.6) is 0 Å². The van der Waals surface area contributed by atoms with E-state index in [2.05, 4.69) is 53.5 Å². The van der Waals surface area contributed by atoms with Crippen molar-refractivity contribution in [3.63, 3.8) is 0 Å². The summed E-state index contributed by atoms with van der Waals surface area (Å²) in [5, 5.41) is 13.7. The molecule has 1 saturated heterocycles. The van der Waals surface area contributed by atoms with Gasteiger partial charge in [-0.3, -0.25) is 9.89 Å². The van der Waals surface area contributed by atoms with Crippen LogP contribution in [-0.2, 0) is 16.6 Å². The van der Waals surface area contributed by atoms with Gasteiger partial charge in [-0.1, -0.05) is 27.7 Å². The SMILES string of the molecule is CC(C)c1cc(Nc2nc(N3CCC[C@H]3C(=O)Nc3ccc(F)nc3)nc3c2CCC3(C)C)n[nH]1. The molecule has 9 nitrogen and oxygen atoms in total. The van der Waals surface area contributed by atoms with Gasteiger partial charge in [0.1, 0.15) is 11.9 Å². The lowest BCUT2D eigenvalue weighted by Crippen LogP contribution is -2.41. The highest BCUT2D eigenvalue weighted by Gasteiger charge is 2.38. The molecule has 1 aliphatic heterocycles. The number of aromatic nitrogens is 5. The first kappa shape index (κ1) is 23.2. The molecule has 0 aromatic carbocycles. The summed E-state index contributed by atoms with van der Waals surface area (Å²) in [4.78, 5) is 28.6. The number of amides is 1. The molecule has 0 unspecified atom stereocenters. The Morgan fingerprint density at radius 1 is 1.29 bits per heavy atom. The number of H-pyrrole nitrogens is 1. The Hall–Kier alpha value is -3.56. The van der Waals surface area contributed by atoms with Gasteiger partial charge >= 0.3 is 0 Å². The van der Waals surface area contributed by atoms with Crippen LogP contribution in [0.1, 0.15) is 69.8 Å². The molecule has 5 rings (SSSR count). The zero-order valence-corrected chi connectivity index (χ0v) is 20.5. The number of fused-ring (bicyclic) bond motifs is 1. The molecule has 0 bridgehead atoms. The van der Waals surface area contributed by atoms with Crippen LogP contribution in [0, 0.1) is 5.95 Å². The molecule has 2 aliphatic rings. The van der Waals surface area contributed by atoms with E-state index in [9.17, 15) is 9.18 Å². The standard InChI is InChI=1S/C25H31FN8O/c1-14(2)17-12-20(33-32-17)29-22-16-9-10-25(3,4)21(16)30-24(31-22)34-11-5-6-18(34)23(35)28-15-7-8-19(26)27-13-15/h7-8,12-14,18H,5-6,9-11H2,1-4H3,(H,28,35)(H2,29,30,31,32,33)/t18-/m0/s1. The first-order chi connectivity index (χ1) is 16.7. The second kappa shape index (κ2) is 8.90. The molecule has 35 heavy (non-hydrogen) atoms. The van der Waals surface area contributed by atoms with Crippen LogP contribution in [0.3, 0.4) is 0 Å². The van der Waals surface area contributed by atoms with Crippen molar-refractivity contribution >= 4 is 29.2 Å². The lowest BCUT2D eigenvalue weighted by molar-refractivity contribution is -0.117. The molecule has 1 atom stereocenters. The molecular weight excluding hydrogens is 447 g/mol. The third-order valence-corrected chi connectivity index (χ3v) is 6.91. The lowest BCUT2D eigenvalue weighted by Gasteiger charge is -2.26. The van der Waals surface area contributed by atoms with Crippen LogP contribution in [0.25, 0.3) is 0 Å². The van der Waals surface area contributed by atoms with Gasteiger partial charge in [0.05, 0.1) is 17.6 Å². The number of anilines is 4. The molecule has 0 spiro atoms. The Morgan fingerprint density at radius 2 is 2.11 bits per heavy atom. The van der Waals surface area contributed by atoms with Gasteiger partial charge in [-0.15, -0.1) is 0 Å². The summed E-state index contributed by atoms with van der Waals surface area (Å²) in [5.74, 6) is 1.57. The minimum atomic E-state index is -0.586. The maximum atomic E-state index is 13.2. The Bertz CT molecular complexity index is 1240. The number of aromatic amines is 1. The fourth-order valence-corrected chi connectivity index (χ4v) is 4.83. The van der Waals surface area contributed by atoms with Crippen LogP contribution in [0.2, 0.25) is 0 Å². The van der Waals surface area contributed by atoms with Crippen molar-refractivity contribution in [3.05, 3.63) is 47.3 Å². The van der Waals surface area contributed by atoms with Gasteiger partial charge in [-0.05, 0) is 43.7 Å². The van der Waals surface area contributed by atoms with E-state index in [0.717, 1.165) is 42.0 Å². The van der Waals surface area contributed by atoms with Gasteiger partial charge < -0.3 is 15.5 Å². The summed E-state index contributed by atoms with van der Waals surface area (Å²) in [6.07, 6.45) is 4.72. The van der Waals surface area contributed by atoms with E-state index in [-0.39, 0.29) is 11.3 Å². The van der Waals surface area contributed by atoms with Crippen molar-refractivity contribution in [1.82, 2.24) is 25.1 Å². The molecule has 0 radical (unpaired) electrons. The predicted octanol–water partition coefficient (Wildman–Crippen LogP) is 4.43. The van der Waals surface area contributed by atoms with Gasteiger partial charge in [-0.25, -0.2) is 9.97 Å². The van der Waals surface area contributed by atoms with Crippen LogP contribution in [0.4, 0.5) is 27.7 Å². The number of hydrogen-bond donors (Lipinski definition) is 3. The highest BCUT2D eigenvalue weighted by atomic mass is 19.1. The van der Waals surface area contributed by atoms with Crippen LogP contribution >= 0.6 is 0 Å². The summed E-state index contributed by atoms with van der Waals surface area (Å²) in [6, 6.07) is 4.31. The average Bonchev–Trinajstić information content (AvgIpc) is 3.55. The average molecular weight is 479 g/mol. The maximum absolute atomic E-state index is 13.2. The zero-order chi connectivity index (χ0) is 24.7. The minimum Gasteiger partial charge on any atom is -0.329 e. The highest BCUT2D eigenvalue weighted by molar-refractivity contribution is 5.97. The Morgan fingerprint density at radius 3 is 2.83 bits per heavy atom. The minimum absolute atomic E-state index is 0.0879. The normalized spacial score (nSPS) is 18.7. The van der Waals surface area contributed by atoms with Gasteiger partial charge in [0.15, 0.2) is 5.82 Å². The summed E-state index contributed by atoms with van der Waals surface area (Å²) >= 11 is 0. The number of nitrogens with zero attached hydrogens (tertiary/aromatic N) is 5. The second-order valence-electron chi connectivity index (χ2n) is 10.3. The highest BCUT2D eigenvalue weighted by Crippen LogP contribution is 2.42. The fraction of sp³-hybridized carbons (Fsp3) is 0.480. The molecule has 1 aliphatic carbocycles. The first-order valence-corrected chi connectivity index (χ1v) is 12.1. The quantitative estimate of drug-likeness (QED) is 0.449. The number of rotatable bonds is 6. The van der Waals surface area contributed by atoms with Gasteiger partial charge in [0.2, 0.25) is 17.8 Å². The number of hydrogen-bond acceptors (Lipinski definition) is 7. The van der Waals surface area contributed by atoms with Crippen molar-refractivity contribution < 1.29 is 9.18 Å². The molecule has 184 valence electrons. The van der Waals surface area contributed by atoms with Crippen LogP contribution in [0.15, 0.2) is 24.4 Å². The zero-order valence-electron chi connectivity index (χ0n) is 20.5. The van der Waals surface area contributed by atoms with E-state index in [0.29, 0.717) is 36.3 Å². The van der Waals surface area contributed by atoms with Crippen molar-refractivity contribution in [1.29, 1.82) is 0 Å². The third kappa shape index (κ3) is 4.56. The molecule has 3 N–H and O–H groups in total. The van der Waals surface area contributed by atoms with Crippen molar-refractivity contribution in [2.45, 2.75) is 70.8 Å². The van der Waals surface area contributed by atoms with Gasteiger partial charge in [-0.2, -0.15) is 14.5 Å². The van der Waals surface area contributed by atoms with Crippen molar-refractivity contribution in [2.24, 2.45) is 0 Å². The van der Waals surface area contributed by atoms with E-state index in [1.54, 1.807) is 0 Å². The summed E-state index contributed by atoms with van der Waals surface area (Å²) < 4.78 is 13.2. The van der Waals surface area contributed by atoms with Crippen molar-refractivity contribution in [3.8, 4) is 0 Å². The molecule has 10 heteroatoms. The monoisotopic (exact) mass is 478 g/mol.